The number of hydrogen-bond acceptors (Lipinski definition) is 3. The second-order valence-corrected chi connectivity index (χ2v) is 4.54. The number of nitrogen functional groups attached to an aromatic ring is 1. The number of rotatable bonds is 3. The fourth-order valence-corrected chi connectivity index (χ4v) is 2.09. The number of nitrogens with zero attached hydrogens (tertiary/aromatic N) is 2. The normalized spacial score (nSPS) is 18.1. The fourth-order valence-electron chi connectivity index (χ4n) is 2.09. The Morgan fingerprint density at radius 3 is 3.06 bits per heavy atom. The molecule has 0 bridgehead atoms. The number of anilines is 1. The maximum atomic E-state index is 11.9. The zero-order chi connectivity index (χ0) is 13.3. The highest BCUT2D eigenvalue weighted by molar-refractivity contribution is 5.94. The van der Waals surface area contributed by atoms with E-state index in [1.807, 2.05) is 6.92 Å². The van der Waals surface area contributed by atoms with E-state index in [2.05, 4.69) is 5.32 Å². The Balaban J connectivity index is 2.19. The van der Waals surface area contributed by atoms with Crippen LogP contribution in [0.5, 0.6) is 0 Å². The molecule has 1 aliphatic heterocycles. The van der Waals surface area contributed by atoms with Gasteiger partial charge in [0.25, 0.3) is 5.91 Å². The second kappa shape index (κ2) is 4.72. The van der Waals surface area contributed by atoms with E-state index in [4.69, 9.17) is 5.73 Å². The molecule has 18 heavy (non-hydrogen) atoms. The molecule has 0 radical (unpaired) electrons. The highest BCUT2D eigenvalue weighted by Gasteiger charge is 2.27. The van der Waals surface area contributed by atoms with Gasteiger partial charge in [-0.15, -0.1) is 0 Å². The summed E-state index contributed by atoms with van der Waals surface area (Å²) in [6.45, 7) is 3.07. The number of amides is 2. The third-order valence-corrected chi connectivity index (χ3v) is 3.30. The van der Waals surface area contributed by atoms with E-state index in [0.29, 0.717) is 30.9 Å². The summed E-state index contributed by atoms with van der Waals surface area (Å²) in [5.41, 5.74) is 6.77. The summed E-state index contributed by atoms with van der Waals surface area (Å²) in [6, 6.07) is 1.58. The summed E-state index contributed by atoms with van der Waals surface area (Å²) in [5.74, 6) is -0.0730. The van der Waals surface area contributed by atoms with Crippen molar-refractivity contribution in [3.63, 3.8) is 0 Å². The molecule has 1 unspecified atom stereocenters. The highest BCUT2D eigenvalue weighted by atomic mass is 16.2. The van der Waals surface area contributed by atoms with Crippen molar-refractivity contribution in [3.8, 4) is 0 Å². The van der Waals surface area contributed by atoms with Crippen molar-refractivity contribution >= 4 is 17.5 Å². The Labute approximate surface area is 106 Å². The van der Waals surface area contributed by atoms with E-state index in [9.17, 15) is 9.59 Å². The van der Waals surface area contributed by atoms with Crippen molar-refractivity contribution in [1.82, 2.24) is 14.8 Å². The zero-order valence-corrected chi connectivity index (χ0v) is 10.6. The lowest BCUT2D eigenvalue weighted by Crippen LogP contribution is -2.40. The number of carbonyl (C=O) groups excluding carboxylic acids is 2. The lowest BCUT2D eigenvalue weighted by molar-refractivity contribution is -0.130. The molecule has 2 heterocycles. The van der Waals surface area contributed by atoms with Crippen molar-refractivity contribution in [2.75, 3.05) is 25.9 Å². The van der Waals surface area contributed by atoms with Crippen LogP contribution in [0.1, 0.15) is 29.9 Å². The molecule has 1 atom stereocenters. The first kappa shape index (κ1) is 12.5. The molecule has 2 amide bonds. The number of hydrogen-bond donors (Lipinski definition) is 2. The van der Waals surface area contributed by atoms with Crippen molar-refractivity contribution in [1.29, 1.82) is 0 Å². The molecular weight excluding hydrogens is 232 g/mol. The van der Waals surface area contributed by atoms with E-state index in [1.165, 1.54) is 0 Å². The molecular formula is C12H18N4O2. The summed E-state index contributed by atoms with van der Waals surface area (Å²) in [7, 11) is 1.77. The standard InChI is InChI=1S/C12H18N4O2/c1-3-15(2)11(17)5-9-6-14-12(18)10-4-8(13)7-16(9)10/h4,7,9H,3,5-6,13H2,1-2H3,(H,14,18). The lowest BCUT2D eigenvalue weighted by atomic mass is 10.1. The first-order valence-corrected chi connectivity index (χ1v) is 6.02. The van der Waals surface area contributed by atoms with Gasteiger partial charge in [0.05, 0.1) is 11.7 Å². The van der Waals surface area contributed by atoms with E-state index in [1.54, 1.807) is 28.8 Å². The second-order valence-electron chi connectivity index (χ2n) is 4.54. The van der Waals surface area contributed by atoms with Crippen LogP contribution in [-0.4, -0.2) is 41.4 Å². The maximum Gasteiger partial charge on any atom is 0.268 e. The molecule has 0 saturated carbocycles. The topological polar surface area (TPSA) is 80.4 Å². The number of carbonyl (C=O) groups is 2. The minimum Gasteiger partial charge on any atom is -0.397 e. The first-order valence-electron chi connectivity index (χ1n) is 6.02. The van der Waals surface area contributed by atoms with Crippen LogP contribution in [0.15, 0.2) is 12.3 Å². The zero-order valence-electron chi connectivity index (χ0n) is 10.6. The number of nitrogens with two attached hydrogens (primary N) is 1. The molecule has 1 aliphatic rings. The van der Waals surface area contributed by atoms with Gasteiger partial charge >= 0.3 is 0 Å². The Bertz CT molecular complexity index is 480. The quantitative estimate of drug-likeness (QED) is 0.805. The summed E-state index contributed by atoms with van der Waals surface area (Å²) >= 11 is 0. The van der Waals surface area contributed by atoms with Gasteiger partial charge in [0.1, 0.15) is 5.69 Å². The largest absolute Gasteiger partial charge is 0.397 e. The van der Waals surface area contributed by atoms with Crippen LogP contribution in [0.25, 0.3) is 0 Å². The van der Waals surface area contributed by atoms with Crippen LogP contribution < -0.4 is 11.1 Å². The number of fused-ring (bicyclic) bond motifs is 1. The summed E-state index contributed by atoms with van der Waals surface area (Å²) in [5, 5.41) is 2.78. The SMILES string of the molecule is CCN(C)C(=O)CC1CNC(=O)c2cc(N)cn21. The first-order chi connectivity index (χ1) is 8.52. The average Bonchev–Trinajstić information content (AvgIpc) is 2.74. The summed E-state index contributed by atoms with van der Waals surface area (Å²) in [4.78, 5) is 25.2. The minimum atomic E-state index is -0.140. The van der Waals surface area contributed by atoms with E-state index in [0.717, 1.165) is 0 Å². The molecule has 3 N–H and O–H groups in total. The van der Waals surface area contributed by atoms with Gasteiger partial charge < -0.3 is 20.5 Å². The van der Waals surface area contributed by atoms with Crippen LogP contribution in [0.2, 0.25) is 0 Å². The molecule has 0 aromatic carbocycles. The average molecular weight is 250 g/mol. The third kappa shape index (κ3) is 2.18. The molecule has 1 aromatic rings. The summed E-state index contributed by atoms with van der Waals surface area (Å²) in [6.07, 6.45) is 2.09. The molecule has 6 heteroatoms. The summed E-state index contributed by atoms with van der Waals surface area (Å²) < 4.78 is 1.80. The van der Waals surface area contributed by atoms with Gasteiger partial charge in [-0.05, 0) is 13.0 Å². The van der Waals surface area contributed by atoms with Crippen LogP contribution in [-0.2, 0) is 4.79 Å². The number of aromatic nitrogens is 1. The van der Waals surface area contributed by atoms with Gasteiger partial charge in [0.2, 0.25) is 5.91 Å². The molecule has 0 saturated heterocycles. The van der Waals surface area contributed by atoms with E-state index in [-0.39, 0.29) is 17.9 Å². The molecule has 98 valence electrons. The Hall–Kier alpha value is -1.98. The predicted octanol–water partition coefficient (Wildman–Crippen LogP) is 0.223. The van der Waals surface area contributed by atoms with Gasteiger partial charge in [0.15, 0.2) is 0 Å². The third-order valence-electron chi connectivity index (χ3n) is 3.30. The van der Waals surface area contributed by atoms with Crippen molar-refractivity contribution in [3.05, 3.63) is 18.0 Å². The smallest absolute Gasteiger partial charge is 0.268 e. The Kier molecular flexibility index (Phi) is 3.27. The van der Waals surface area contributed by atoms with Crippen molar-refractivity contribution < 1.29 is 9.59 Å². The predicted molar refractivity (Wildman–Crippen MR) is 68.1 cm³/mol. The van der Waals surface area contributed by atoms with Gasteiger partial charge in [-0.2, -0.15) is 0 Å². The molecule has 6 nitrogen and oxygen atoms in total. The Morgan fingerprint density at radius 2 is 2.39 bits per heavy atom. The molecule has 2 rings (SSSR count). The maximum absolute atomic E-state index is 11.9. The van der Waals surface area contributed by atoms with Gasteiger partial charge in [-0.1, -0.05) is 0 Å². The van der Waals surface area contributed by atoms with Gasteiger partial charge in [-0.25, -0.2) is 0 Å². The number of nitrogens with one attached hydrogen (secondary N) is 1. The molecule has 0 fully saturated rings. The van der Waals surface area contributed by atoms with Crippen LogP contribution >= 0.6 is 0 Å². The lowest BCUT2D eigenvalue weighted by Gasteiger charge is -2.27. The monoisotopic (exact) mass is 250 g/mol. The molecule has 1 aromatic heterocycles. The van der Waals surface area contributed by atoms with Crippen LogP contribution in [0.4, 0.5) is 5.69 Å². The fraction of sp³-hybridized carbons (Fsp3) is 0.500. The molecule has 0 spiro atoms. The Morgan fingerprint density at radius 1 is 1.67 bits per heavy atom. The minimum absolute atomic E-state index is 0.0588. The van der Waals surface area contributed by atoms with Crippen LogP contribution in [0, 0.1) is 0 Å². The molecule has 0 aliphatic carbocycles. The van der Waals surface area contributed by atoms with Crippen LogP contribution in [0.3, 0.4) is 0 Å². The van der Waals surface area contributed by atoms with Crippen molar-refractivity contribution in [2.45, 2.75) is 19.4 Å². The van der Waals surface area contributed by atoms with Gasteiger partial charge in [-0.3, -0.25) is 9.59 Å². The van der Waals surface area contributed by atoms with Gasteiger partial charge in [0, 0.05) is 32.8 Å². The highest BCUT2D eigenvalue weighted by Crippen LogP contribution is 2.23. The van der Waals surface area contributed by atoms with E-state index >= 15 is 0 Å². The van der Waals surface area contributed by atoms with Crippen molar-refractivity contribution in [2.24, 2.45) is 0 Å². The van der Waals surface area contributed by atoms with E-state index < -0.39 is 0 Å².